The number of Topliss-reactive ketones (excluding diaryl/α,β-unsaturated/α-hetero) is 1. The van der Waals surface area contributed by atoms with Crippen LogP contribution in [0.3, 0.4) is 0 Å². The Labute approximate surface area is 76.9 Å². The quantitative estimate of drug-likeness (QED) is 0.685. The molecule has 4 nitrogen and oxygen atoms in total. The first-order valence-corrected chi connectivity index (χ1v) is 3.96. The molecule has 0 spiro atoms. The number of nitrogens with one attached hydrogen (secondary N) is 1. The predicted molar refractivity (Wildman–Crippen MR) is 49.0 cm³/mol. The fourth-order valence-corrected chi connectivity index (χ4v) is 1.01. The van der Waals surface area contributed by atoms with Gasteiger partial charge in [-0.3, -0.25) is 4.79 Å². The largest absolute Gasteiger partial charge is 0.494 e. The van der Waals surface area contributed by atoms with E-state index in [-0.39, 0.29) is 12.3 Å². The van der Waals surface area contributed by atoms with Crippen molar-refractivity contribution in [3.8, 4) is 5.75 Å². The minimum absolute atomic E-state index is 0.0695. The molecule has 1 aromatic heterocycles. The van der Waals surface area contributed by atoms with Crippen molar-refractivity contribution in [1.82, 2.24) is 10.3 Å². The van der Waals surface area contributed by atoms with Crippen LogP contribution in [-0.2, 0) is 0 Å². The second-order valence-corrected chi connectivity index (χ2v) is 2.51. The lowest BCUT2D eigenvalue weighted by Crippen LogP contribution is -2.20. The second kappa shape index (κ2) is 4.57. The molecule has 0 aliphatic rings. The highest BCUT2D eigenvalue weighted by Crippen LogP contribution is 2.14. The van der Waals surface area contributed by atoms with Gasteiger partial charge >= 0.3 is 0 Å². The maximum atomic E-state index is 11.4. The van der Waals surface area contributed by atoms with Crippen LogP contribution in [0.2, 0.25) is 0 Å². The molecule has 0 saturated heterocycles. The lowest BCUT2D eigenvalue weighted by molar-refractivity contribution is 0.0985. The van der Waals surface area contributed by atoms with Crippen molar-refractivity contribution in [2.75, 3.05) is 20.7 Å². The molecule has 0 radical (unpaired) electrons. The Hall–Kier alpha value is -1.42. The summed E-state index contributed by atoms with van der Waals surface area (Å²) in [5.41, 5.74) is 0.374. The molecule has 1 rings (SSSR count). The van der Waals surface area contributed by atoms with E-state index >= 15 is 0 Å². The maximum absolute atomic E-state index is 11.4. The summed E-state index contributed by atoms with van der Waals surface area (Å²) in [6, 6.07) is 3.45. The number of ether oxygens (including phenoxy) is 1. The Morgan fingerprint density at radius 3 is 3.08 bits per heavy atom. The van der Waals surface area contributed by atoms with Crippen LogP contribution < -0.4 is 10.1 Å². The standard InChI is InChI=1S/C9H12N2O2/c1-10-6-7(12)9-8(13-2)4-3-5-11-9/h3-5,10H,6H2,1-2H3. The van der Waals surface area contributed by atoms with E-state index in [0.29, 0.717) is 11.4 Å². The lowest BCUT2D eigenvalue weighted by Gasteiger charge is -2.04. The molecule has 1 aromatic rings. The molecular weight excluding hydrogens is 168 g/mol. The number of ketones is 1. The van der Waals surface area contributed by atoms with E-state index in [0.717, 1.165) is 0 Å². The zero-order valence-corrected chi connectivity index (χ0v) is 7.70. The van der Waals surface area contributed by atoms with Gasteiger partial charge in [0.2, 0.25) is 0 Å². The third-order valence-electron chi connectivity index (χ3n) is 1.59. The maximum Gasteiger partial charge on any atom is 0.198 e. The number of hydrogen-bond donors (Lipinski definition) is 1. The van der Waals surface area contributed by atoms with Crippen molar-refractivity contribution in [3.63, 3.8) is 0 Å². The molecule has 0 aromatic carbocycles. The minimum Gasteiger partial charge on any atom is -0.494 e. The van der Waals surface area contributed by atoms with Crippen molar-refractivity contribution in [2.24, 2.45) is 0 Å². The van der Waals surface area contributed by atoms with Gasteiger partial charge in [0.1, 0.15) is 11.4 Å². The SMILES string of the molecule is CNCC(=O)c1ncccc1OC. The lowest BCUT2D eigenvalue weighted by atomic mass is 10.2. The van der Waals surface area contributed by atoms with E-state index in [1.807, 2.05) is 0 Å². The summed E-state index contributed by atoms with van der Waals surface area (Å²) >= 11 is 0. The molecule has 0 fully saturated rings. The van der Waals surface area contributed by atoms with Crippen LogP contribution in [0.25, 0.3) is 0 Å². The van der Waals surface area contributed by atoms with Crippen LogP contribution in [0.4, 0.5) is 0 Å². The van der Waals surface area contributed by atoms with Crippen molar-refractivity contribution < 1.29 is 9.53 Å². The zero-order valence-electron chi connectivity index (χ0n) is 7.70. The first kappa shape index (κ1) is 9.67. The van der Waals surface area contributed by atoms with Crippen molar-refractivity contribution in [2.45, 2.75) is 0 Å². The number of aromatic nitrogens is 1. The zero-order chi connectivity index (χ0) is 9.68. The van der Waals surface area contributed by atoms with Gasteiger partial charge in [-0.15, -0.1) is 0 Å². The Morgan fingerprint density at radius 1 is 1.69 bits per heavy atom. The Bertz CT molecular complexity index is 299. The molecule has 4 heteroatoms. The van der Waals surface area contributed by atoms with Crippen LogP contribution >= 0.6 is 0 Å². The van der Waals surface area contributed by atoms with Crippen molar-refractivity contribution in [1.29, 1.82) is 0 Å². The number of nitrogens with zero attached hydrogens (tertiary/aromatic N) is 1. The van der Waals surface area contributed by atoms with E-state index < -0.39 is 0 Å². The number of pyridine rings is 1. The number of carbonyl (C=O) groups excluding carboxylic acids is 1. The van der Waals surface area contributed by atoms with E-state index in [2.05, 4.69) is 10.3 Å². The van der Waals surface area contributed by atoms with Gasteiger partial charge in [0.05, 0.1) is 13.7 Å². The topological polar surface area (TPSA) is 51.2 Å². The van der Waals surface area contributed by atoms with E-state index in [4.69, 9.17) is 4.74 Å². The molecule has 1 heterocycles. The van der Waals surface area contributed by atoms with Gasteiger partial charge in [-0.05, 0) is 19.2 Å². The molecule has 1 N–H and O–H groups in total. The smallest absolute Gasteiger partial charge is 0.198 e. The summed E-state index contributed by atoms with van der Waals surface area (Å²) < 4.78 is 5.00. The van der Waals surface area contributed by atoms with Gasteiger partial charge in [0.15, 0.2) is 5.78 Å². The predicted octanol–water partition coefficient (Wildman–Crippen LogP) is 0.492. The third-order valence-corrected chi connectivity index (χ3v) is 1.59. The van der Waals surface area contributed by atoms with Crippen LogP contribution in [0, 0.1) is 0 Å². The molecule has 0 aliphatic heterocycles. The van der Waals surface area contributed by atoms with E-state index in [1.165, 1.54) is 7.11 Å². The van der Waals surface area contributed by atoms with Crippen LogP contribution in [0.15, 0.2) is 18.3 Å². The van der Waals surface area contributed by atoms with Crippen molar-refractivity contribution >= 4 is 5.78 Å². The highest BCUT2D eigenvalue weighted by Gasteiger charge is 2.11. The molecule has 0 atom stereocenters. The number of rotatable bonds is 4. The average Bonchev–Trinajstić information content (AvgIpc) is 2.18. The summed E-state index contributed by atoms with van der Waals surface area (Å²) in [6.45, 7) is 0.271. The Kier molecular flexibility index (Phi) is 3.40. The van der Waals surface area contributed by atoms with Gasteiger partial charge < -0.3 is 10.1 Å². The van der Waals surface area contributed by atoms with Gasteiger partial charge in [-0.2, -0.15) is 0 Å². The molecule has 0 saturated carbocycles. The summed E-state index contributed by atoms with van der Waals surface area (Å²) in [6.07, 6.45) is 1.57. The fraction of sp³-hybridized carbons (Fsp3) is 0.333. The van der Waals surface area contributed by atoms with Crippen LogP contribution in [-0.4, -0.2) is 31.5 Å². The number of methoxy groups -OCH3 is 1. The Morgan fingerprint density at radius 2 is 2.46 bits per heavy atom. The summed E-state index contributed by atoms with van der Waals surface area (Å²) in [5, 5.41) is 2.77. The third kappa shape index (κ3) is 2.26. The van der Waals surface area contributed by atoms with Gasteiger partial charge in [-0.25, -0.2) is 4.98 Å². The summed E-state index contributed by atoms with van der Waals surface area (Å²) in [5.74, 6) is 0.447. The normalized spacial score (nSPS) is 9.69. The minimum atomic E-state index is -0.0695. The Balaban J connectivity index is 2.92. The first-order chi connectivity index (χ1) is 6.29. The van der Waals surface area contributed by atoms with Gasteiger partial charge in [-0.1, -0.05) is 0 Å². The van der Waals surface area contributed by atoms with Crippen LogP contribution in [0.5, 0.6) is 5.75 Å². The van der Waals surface area contributed by atoms with Gasteiger partial charge in [0, 0.05) is 6.20 Å². The molecular formula is C9H12N2O2. The average molecular weight is 180 g/mol. The molecule has 0 amide bonds. The monoisotopic (exact) mass is 180 g/mol. The highest BCUT2D eigenvalue weighted by molar-refractivity contribution is 5.98. The second-order valence-electron chi connectivity index (χ2n) is 2.51. The molecule has 0 unspecified atom stereocenters. The van der Waals surface area contributed by atoms with E-state index in [1.54, 1.807) is 25.4 Å². The summed E-state index contributed by atoms with van der Waals surface area (Å²) in [4.78, 5) is 15.4. The molecule has 13 heavy (non-hydrogen) atoms. The molecule has 0 aliphatic carbocycles. The molecule has 70 valence electrons. The highest BCUT2D eigenvalue weighted by atomic mass is 16.5. The summed E-state index contributed by atoms with van der Waals surface area (Å²) in [7, 11) is 3.24. The van der Waals surface area contributed by atoms with E-state index in [9.17, 15) is 4.79 Å². The number of carbonyl (C=O) groups is 1. The molecule has 0 bridgehead atoms. The number of likely N-dealkylation sites (N-methyl/N-ethyl adjacent to an activating group) is 1. The first-order valence-electron chi connectivity index (χ1n) is 3.96. The number of hydrogen-bond acceptors (Lipinski definition) is 4. The fourth-order valence-electron chi connectivity index (χ4n) is 1.01. The van der Waals surface area contributed by atoms with Gasteiger partial charge in [0.25, 0.3) is 0 Å². The van der Waals surface area contributed by atoms with Crippen LogP contribution in [0.1, 0.15) is 10.5 Å². The van der Waals surface area contributed by atoms with Crippen molar-refractivity contribution in [3.05, 3.63) is 24.0 Å².